The second-order valence-corrected chi connectivity index (χ2v) is 13.5. The third-order valence-corrected chi connectivity index (χ3v) is 11.7. The number of hydrogen-bond acceptors (Lipinski definition) is 4. The number of nitrogens with one attached hydrogen (secondary N) is 1. The minimum absolute atomic E-state index is 0.0517. The maximum Gasteiger partial charge on any atom is 0.224 e. The molecule has 5 nitrogen and oxygen atoms in total. The normalized spacial score (nSPS) is 44.8. The van der Waals surface area contributed by atoms with E-state index in [9.17, 15) is 20.1 Å². The van der Waals surface area contributed by atoms with Crippen LogP contribution in [0.15, 0.2) is 24.3 Å². The summed E-state index contributed by atoms with van der Waals surface area (Å²) >= 11 is 0. The number of benzene rings is 1. The van der Waals surface area contributed by atoms with Gasteiger partial charge in [0.2, 0.25) is 5.91 Å². The summed E-state index contributed by atoms with van der Waals surface area (Å²) in [5.41, 5.74) is 1.90. The second kappa shape index (κ2) is 9.71. The molecule has 0 radical (unpaired) electrons. The Morgan fingerprint density at radius 1 is 1.03 bits per heavy atom. The maximum atomic E-state index is 12.7. The quantitative estimate of drug-likeness (QED) is 0.444. The van der Waals surface area contributed by atoms with E-state index in [0.29, 0.717) is 36.0 Å². The first kappa shape index (κ1) is 26.2. The smallest absolute Gasteiger partial charge is 0.224 e. The average molecular weight is 498 g/mol. The van der Waals surface area contributed by atoms with Gasteiger partial charge in [0.25, 0.3) is 0 Å². The highest BCUT2D eigenvalue weighted by molar-refractivity contribution is 5.90. The Kier molecular flexibility index (Phi) is 7.06. The zero-order valence-corrected chi connectivity index (χ0v) is 22.6. The Morgan fingerprint density at radius 3 is 2.47 bits per heavy atom. The van der Waals surface area contributed by atoms with Gasteiger partial charge >= 0.3 is 0 Å². The average Bonchev–Trinajstić information content (AvgIpc) is 3.19. The van der Waals surface area contributed by atoms with Crippen molar-refractivity contribution in [1.82, 2.24) is 0 Å². The molecule has 1 amide bonds. The van der Waals surface area contributed by atoms with Crippen LogP contribution >= 0.6 is 0 Å². The number of carbonyl (C=O) groups excluding carboxylic acids is 1. The summed E-state index contributed by atoms with van der Waals surface area (Å²) in [5, 5.41) is 36.5. The predicted octanol–water partition coefficient (Wildman–Crippen LogP) is 5.31. The molecule has 0 saturated heterocycles. The van der Waals surface area contributed by atoms with Crippen LogP contribution in [0.1, 0.15) is 84.1 Å². The molecule has 0 bridgehead atoms. The highest BCUT2D eigenvalue weighted by Gasteiger charge is 2.65. The summed E-state index contributed by atoms with van der Waals surface area (Å²) in [6, 6.07) is 7.91. The van der Waals surface area contributed by atoms with Crippen LogP contribution < -0.4 is 5.32 Å². The molecule has 4 fully saturated rings. The lowest BCUT2D eigenvalue weighted by Crippen LogP contribution is -2.62. The van der Waals surface area contributed by atoms with Crippen molar-refractivity contribution in [2.75, 3.05) is 5.32 Å². The van der Waals surface area contributed by atoms with E-state index in [1.54, 1.807) is 0 Å². The fourth-order valence-corrected chi connectivity index (χ4v) is 9.55. The summed E-state index contributed by atoms with van der Waals surface area (Å²) in [4.78, 5) is 12.7. The zero-order chi connectivity index (χ0) is 25.8. The maximum absolute atomic E-state index is 12.7. The van der Waals surface area contributed by atoms with Crippen LogP contribution in [0.4, 0.5) is 5.69 Å². The second-order valence-electron chi connectivity index (χ2n) is 13.5. The standard InChI is InChI=1S/C31H47NO4/c1-18-5-8-21(9-6-18)32-28(36)12-7-19(2)23-10-11-24-29-25(17-27(35)31(23,24)4)30(3)14-13-22(33)15-20(30)16-26(29)34/h5-6,8-9,19-20,22-27,29,33-35H,7,10-17H2,1-4H3,(H,32,36)/t19-,20+,22-,23-,24+,25+,26-,27+,29+,30+,31-/m1/s1. The Morgan fingerprint density at radius 2 is 1.75 bits per heavy atom. The molecule has 4 N–H and O–H groups in total. The minimum Gasteiger partial charge on any atom is -0.393 e. The number of aryl methyl sites for hydroxylation is 1. The first-order valence-electron chi connectivity index (χ1n) is 14.4. The van der Waals surface area contributed by atoms with Crippen LogP contribution in [0.3, 0.4) is 0 Å². The molecule has 11 atom stereocenters. The number of aliphatic hydroxyl groups is 3. The van der Waals surface area contributed by atoms with Crippen LogP contribution in [-0.4, -0.2) is 39.5 Å². The van der Waals surface area contributed by atoms with Crippen molar-refractivity contribution in [3.8, 4) is 0 Å². The van der Waals surface area contributed by atoms with E-state index in [2.05, 4.69) is 26.1 Å². The van der Waals surface area contributed by atoms with Crippen molar-refractivity contribution in [3.05, 3.63) is 29.8 Å². The fourth-order valence-electron chi connectivity index (χ4n) is 9.55. The summed E-state index contributed by atoms with van der Waals surface area (Å²) in [7, 11) is 0. The van der Waals surface area contributed by atoms with Crippen LogP contribution in [0.25, 0.3) is 0 Å². The molecule has 0 aromatic heterocycles. The molecule has 1 aromatic rings. The summed E-state index contributed by atoms with van der Waals surface area (Å²) < 4.78 is 0. The number of carbonyl (C=O) groups is 1. The van der Waals surface area contributed by atoms with Gasteiger partial charge in [0.1, 0.15) is 0 Å². The molecule has 5 rings (SSSR count). The minimum atomic E-state index is -0.380. The van der Waals surface area contributed by atoms with Crippen molar-refractivity contribution >= 4 is 11.6 Å². The van der Waals surface area contributed by atoms with Crippen molar-refractivity contribution in [1.29, 1.82) is 0 Å². The van der Waals surface area contributed by atoms with Gasteiger partial charge < -0.3 is 20.6 Å². The van der Waals surface area contributed by atoms with Gasteiger partial charge in [0.15, 0.2) is 0 Å². The van der Waals surface area contributed by atoms with Gasteiger partial charge in [-0.25, -0.2) is 0 Å². The van der Waals surface area contributed by atoms with E-state index >= 15 is 0 Å². The molecular formula is C31H47NO4. The molecule has 36 heavy (non-hydrogen) atoms. The molecule has 0 aliphatic heterocycles. The molecule has 4 aliphatic rings. The number of rotatable bonds is 5. The van der Waals surface area contributed by atoms with Crippen LogP contribution in [-0.2, 0) is 4.79 Å². The van der Waals surface area contributed by atoms with Gasteiger partial charge in [-0.05, 0) is 117 Å². The molecule has 0 unspecified atom stereocenters. The number of anilines is 1. The van der Waals surface area contributed by atoms with Crippen LogP contribution in [0.5, 0.6) is 0 Å². The van der Waals surface area contributed by atoms with Crippen LogP contribution in [0, 0.1) is 53.3 Å². The Balaban J connectivity index is 1.27. The molecule has 0 spiro atoms. The molecular weight excluding hydrogens is 450 g/mol. The zero-order valence-electron chi connectivity index (χ0n) is 22.6. The first-order chi connectivity index (χ1) is 17.0. The molecule has 200 valence electrons. The van der Waals surface area contributed by atoms with Crippen molar-refractivity contribution in [2.45, 2.75) is 104 Å². The fraction of sp³-hybridized carbons (Fsp3) is 0.774. The highest BCUT2D eigenvalue weighted by atomic mass is 16.3. The topological polar surface area (TPSA) is 89.8 Å². The van der Waals surface area contributed by atoms with E-state index in [-0.39, 0.29) is 41.0 Å². The molecule has 4 saturated carbocycles. The van der Waals surface area contributed by atoms with Gasteiger partial charge in [-0.3, -0.25) is 4.79 Å². The Bertz CT molecular complexity index is 948. The summed E-state index contributed by atoms with van der Waals surface area (Å²) in [5.74, 6) is 1.96. The molecule has 1 aromatic carbocycles. The van der Waals surface area contributed by atoms with E-state index in [1.807, 2.05) is 31.2 Å². The van der Waals surface area contributed by atoms with Gasteiger partial charge in [-0.2, -0.15) is 0 Å². The summed E-state index contributed by atoms with van der Waals surface area (Å²) in [6.45, 7) is 8.96. The van der Waals surface area contributed by atoms with E-state index in [1.165, 1.54) is 5.56 Å². The van der Waals surface area contributed by atoms with Crippen LogP contribution in [0.2, 0.25) is 0 Å². The van der Waals surface area contributed by atoms with Gasteiger partial charge in [-0.1, -0.05) is 38.5 Å². The lowest BCUT2D eigenvalue weighted by molar-refractivity contribution is -0.207. The van der Waals surface area contributed by atoms with Crippen molar-refractivity contribution < 1.29 is 20.1 Å². The monoisotopic (exact) mass is 497 g/mol. The largest absolute Gasteiger partial charge is 0.393 e. The lowest BCUT2D eigenvalue weighted by Gasteiger charge is -2.63. The van der Waals surface area contributed by atoms with Gasteiger partial charge in [0.05, 0.1) is 18.3 Å². The molecule has 0 heterocycles. The highest BCUT2D eigenvalue weighted by Crippen LogP contribution is 2.68. The molecule has 4 aliphatic carbocycles. The van der Waals surface area contributed by atoms with Gasteiger partial charge in [0, 0.05) is 12.1 Å². The molecule has 5 heteroatoms. The SMILES string of the molecule is Cc1ccc(NC(=O)CC[C@@H](C)[C@H]2CC[C@H]3[C@@H]4[C@H](O)C[C@@H]5C[C@H](O)CC[C@]5(C)[C@H]4C[C@H](O)[C@]23C)cc1. The first-order valence-corrected chi connectivity index (χ1v) is 14.4. The number of hydrogen-bond donors (Lipinski definition) is 4. The van der Waals surface area contributed by atoms with Gasteiger partial charge in [-0.15, -0.1) is 0 Å². The number of aliphatic hydroxyl groups excluding tert-OH is 3. The van der Waals surface area contributed by atoms with E-state index in [4.69, 9.17) is 0 Å². The third kappa shape index (κ3) is 4.33. The Hall–Kier alpha value is -1.43. The van der Waals surface area contributed by atoms with Crippen molar-refractivity contribution in [3.63, 3.8) is 0 Å². The Labute approximate surface area is 217 Å². The van der Waals surface area contributed by atoms with E-state index in [0.717, 1.165) is 57.1 Å². The predicted molar refractivity (Wildman–Crippen MR) is 142 cm³/mol. The summed E-state index contributed by atoms with van der Waals surface area (Å²) in [6.07, 6.45) is 6.63. The van der Waals surface area contributed by atoms with E-state index < -0.39 is 0 Å². The van der Waals surface area contributed by atoms with Crippen molar-refractivity contribution in [2.24, 2.45) is 46.3 Å². The number of fused-ring (bicyclic) bond motifs is 5. The number of amides is 1. The lowest BCUT2D eigenvalue weighted by atomic mass is 9.43. The third-order valence-electron chi connectivity index (χ3n) is 11.7.